The first kappa shape index (κ1) is 20.5. The first-order chi connectivity index (χ1) is 12.1. The predicted octanol–water partition coefficient (Wildman–Crippen LogP) is 3.17. The van der Waals surface area contributed by atoms with Crippen LogP contribution in [0.2, 0.25) is 5.02 Å². The summed E-state index contributed by atoms with van der Waals surface area (Å²) in [6, 6.07) is 7.03. The van der Waals surface area contributed by atoms with Crippen molar-refractivity contribution in [2.24, 2.45) is 0 Å². The van der Waals surface area contributed by atoms with Crippen LogP contribution in [-0.4, -0.2) is 47.2 Å². The van der Waals surface area contributed by atoms with Gasteiger partial charge >= 0.3 is 12.1 Å². The predicted molar refractivity (Wildman–Crippen MR) is 90.0 cm³/mol. The van der Waals surface area contributed by atoms with E-state index in [9.17, 15) is 18.0 Å². The molecule has 0 aromatic heterocycles. The summed E-state index contributed by atoms with van der Waals surface area (Å²) < 4.78 is 31.7. The average molecular weight is 393 g/mol. The molecule has 1 aliphatic carbocycles. The number of rotatable bonds is 2. The second-order valence-electron chi connectivity index (χ2n) is 6.35. The molecular formula is C17H20ClF3N2O3. The third-order valence-electron chi connectivity index (χ3n) is 4.50. The van der Waals surface area contributed by atoms with Crippen molar-refractivity contribution in [1.82, 2.24) is 10.2 Å². The fraction of sp³-hybridized carbons (Fsp3) is 0.529. The maximum absolute atomic E-state index is 11.3. The molecule has 2 atom stereocenters. The number of hydrogen-bond acceptors (Lipinski definition) is 3. The molecule has 0 saturated carbocycles. The summed E-state index contributed by atoms with van der Waals surface area (Å²) in [4.78, 5) is 22.2. The van der Waals surface area contributed by atoms with Crippen LogP contribution in [0.15, 0.2) is 18.2 Å². The van der Waals surface area contributed by atoms with E-state index in [4.69, 9.17) is 21.5 Å². The number of hydrogen-bond donors (Lipinski definition) is 2. The molecule has 0 radical (unpaired) electrons. The lowest BCUT2D eigenvalue weighted by Gasteiger charge is -2.20. The number of aliphatic carboxylic acids is 1. The Balaban J connectivity index is 0.000000298. The average Bonchev–Trinajstić information content (AvgIpc) is 3.14. The van der Waals surface area contributed by atoms with Crippen molar-refractivity contribution >= 4 is 23.5 Å². The molecule has 1 fully saturated rings. The van der Waals surface area contributed by atoms with Crippen LogP contribution in [0.1, 0.15) is 36.9 Å². The molecule has 2 aliphatic rings. The number of fused-ring (bicyclic) bond motifs is 1. The van der Waals surface area contributed by atoms with Crippen LogP contribution in [0.3, 0.4) is 0 Å². The van der Waals surface area contributed by atoms with Gasteiger partial charge in [0.05, 0.1) is 0 Å². The third kappa shape index (κ3) is 5.35. The molecule has 5 nitrogen and oxygen atoms in total. The Hall–Kier alpha value is -1.80. The Morgan fingerprint density at radius 2 is 1.96 bits per heavy atom. The smallest absolute Gasteiger partial charge is 0.475 e. The van der Waals surface area contributed by atoms with Gasteiger partial charge in [-0.25, -0.2) is 4.79 Å². The van der Waals surface area contributed by atoms with Gasteiger partial charge in [0, 0.05) is 37.1 Å². The zero-order chi connectivity index (χ0) is 19.5. The number of amides is 1. The maximum Gasteiger partial charge on any atom is 0.490 e. The fourth-order valence-electron chi connectivity index (χ4n) is 3.23. The summed E-state index contributed by atoms with van der Waals surface area (Å²) in [5.41, 5.74) is 2.75. The van der Waals surface area contributed by atoms with E-state index >= 15 is 0 Å². The van der Waals surface area contributed by atoms with E-state index in [-0.39, 0.29) is 5.91 Å². The van der Waals surface area contributed by atoms with Gasteiger partial charge in [0.2, 0.25) is 5.91 Å². The first-order valence-corrected chi connectivity index (χ1v) is 8.55. The van der Waals surface area contributed by atoms with Gasteiger partial charge in [0.25, 0.3) is 0 Å². The van der Waals surface area contributed by atoms with Crippen molar-refractivity contribution in [3.05, 3.63) is 34.3 Å². The molecule has 1 aromatic carbocycles. The van der Waals surface area contributed by atoms with Crippen LogP contribution in [0.4, 0.5) is 13.2 Å². The standard InChI is InChI=1S/C15H19ClN2O.C2HF3O2/c1-10(19)18-7-6-13(9-18)17-15-5-2-11-8-12(16)3-4-14(11)15;3-2(4,5)1(6)7/h3-4,8,13,15,17H,2,5-7,9H2,1H3;(H,6,7)/t13-,15?;/m1./s1. The summed E-state index contributed by atoms with van der Waals surface area (Å²) in [6.45, 7) is 3.37. The molecular weight excluding hydrogens is 373 g/mol. The zero-order valence-electron chi connectivity index (χ0n) is 14.1. The van der Waals surface area contributed by atoms with Crippen LogP contribution < -0.4 is 5.32 Å². The zero-order valence-corrected chi connectivity index (χ0v) is 14.9. The minimum Gasteiger partial charge on any atom is -0.475 e. The van der Waals surface area contributed by atoms with Gasteiger partial charge in [-0.2, -0.15) is 13.2 Å². The van der Waals surface area contributed by atoms with E-state index in [0.29, 0.717) is 12.1 Å². The molecule has 3 rings (SSSR count). The lowest BCUT2D eigenvalue weighted by Crippen LogP contribution is -2.35. The summed E-state index contributed by atoms with van der Waals surface area (Å²) in [6.07, 6.45) is -1.80. The number of nitrogens with zero attached hydrogens (tertiary/aromatic N) is 1. The van der Waals surface area contributed by atoms with E-state index in [1.54, 1.807) is 6.92 Å². The molecule has 1 heterocycles. The molecule has 1 unspecified atom stereocenters. The fourth-order valence-corrected chi connectivity index (χ4v) is 3.42. The number of carbonyl (C=O) groups is 2. The van der Waals surface area contributed by atoms with Crippen molar-refractivity contribution in [3.63, 3.8) is 0 Å². The minimum atomic E-state index is -5.08. The van der Waals surface area contributed by atoms with Crippen LogP contribution in [0.5, 0.6) is 0 Å². The Morgan fingerprint density at radius 3 is 2.50 bits per heavy atom. The molecule has 0 bridgehead atoms. The van der Waals surface area contributed by atoms with E-state index in [0.717, 1.165) is 37.4 Å². The van der Waals surface area contributed by atoms with Gasteiger partial charge in [-0.05, 0) is 42.5 Å². The number of nitrogens with one attached hydrogen (secondary N) is 1. The molecule has 1 aliphatic heterocycles. The van der Waals surface area contributed by atoms with Gasteiger partial charge < -0.3 is 15.3 Å². The molecule has 9 heteroatoms. The van der Waals surface area contributed by atoms with Crippen LogP contribution in [0, 0.1) is 0 Å². The number of carboxylic acid groups (broad SMARTS) is 1. The van der Waals surface area contributed by atoms with Gasteiger partial charge in [-0.3, -0.25) is 4.79 Å². The lowest BCUT2D eigenvalue weighted by molar-refractivity contribution is -0.192. The van der Waals surface area contributed by atoms with Gasteiger partial charge in [-0.1, -0.05) is 17.7 Å². The van der Waals surface area contributed by atoms with Crippen molar-refractivity contribution in [2.75, 3.05) is 13.1 Å². The van der Waals surface area contributed by atoms with Crippen LogP contribution >= 0.6 is 11.6 Å². The molecule has 26 heavy (non-hydrogen) atoms. The van der Waals surface area contributed by atoms with E-state index in [2.05, 4.69) is 17.4 Å². The first-order valence-electron chi connectivity index (χ1n) is 8.18. The number of halogens is 4. The van der Waals surface area contributed by atoms with Crippen LogP contribution in [0.25, 0.3) is 0 Å². The maximum atomic E-state index is 11.3. The highest BCUT2D eigenvalue weighted by Crippen LogP contribution is 2.33. The summed E-state index contributed by atoms with van der Waals surface area (Å²) >= 11 is 6.03. The number of aryl methyl sites for hydroxylation is 1. The minimum absolute atomic E-state index is 0.183. The number of alkyl halides is 3. The number of benzene rings is 1. The lowest BCUT2D eigenvalue weighted by atomic mass is 10.1. The van der Waals surface area contributed by atoms with Gasteiger partial charge in [0.15, 0.2) is 0 Å². The number of likely N-dealkylation sites (tertiary alicyclic amines) is 1. The molecule has 0 spiro atoms. The summed E-state index contributed by atoms with van der Waals surface area (Å²) in [5.74, 6) is -2.57. The highest BCUT2D eigenvalue weighted by molar-refractivity contribution is 6.30. The Bertz CT molecular complexity index is 682. The third-order valence-corrected chi connectivity index (χ3v) is 4.73. The van der Waals surface area contributed by atoms with Crippen LogP contribution in [-0.2, 0) is 16.0 Å². The van der Waals surface area contributed by atoms with Crippen molar-refractivity contribution < 1.29 is 27.9 Å². The molecule has 1 aromatic rings. The second-order valence-corrected chi connectivity index (χ2v) is 6.79. The highest BCUT2D eigenvalue weighted by Gasteiger charge is 2.38. The largest absolute Gasteiger partial charge is 0.490 e. The molecule has 1 saturated heterocycles. The molecule has 144 valence electrons. The van der Waals surface area contributed by atoms with E-state index in [1.165, 1.54) is 11.1 Å². The monoisotopic (exact) mass is 392 g/mol. The Labute approximate surface area is 154 Å². The second kappa shape index (κ2) is 8.26. The van der Waals surface area contributed by atoms with Gasteiger partial charge in [0.1, 0.15) is 0 Å². The van der Waals surface area contributed by atoms with E-state index < -0.39 is 12.1 Å². The Morgan fingerprint density at radius 1 is 1.31 bits per heavy atom. The van der Waals surface area contributed by atoms with Crippen molar-refractivity contribution in [1.29, 1.82) is 0 Å². The summed E-state index contributed by atoms with van der Waals surface area (Å²) in [5, 5.41) is 11.6. The quantitative estimate of drug-likeness (QED) is 0.811. The van der Waals surface area contributed by atoms with Crippen molar-refractivity contribution in [3.8, 4) is 0 Å². The topological polar surface area (TPSA) is 69.6 Å². The SMILES string of the molecule is CC(=O)N1CC[C@@H](NC2CCc3cc(Cl)ccc32)C1.O=C(O)C(F)(F)F. The summed E-state index contributed by atoms with van der Waals surface area (Å²) in [7, 11) is 0. The Kier molecular flexibility index (Phi) is 6.52. The number of carboxylic acids is 1. The van der Waals surface area contributed by atoms with E-state index in [1.807, 2.05) is 11.0 Å². The van der Waals surface area contributed by atoms with Crippen molar-refractivity contribution in [2.45, 2.75) is 44.4 Å². The molecule has 2 N–H and O–H groups in total. The molecule has 1 amide bonds. The normalized spacial score (nSPS) is 21.8. The highest BCUT2D eigenvalue weighted by atomic mass is 35.5. The number of carbonyl (C=O) groups excluding carboxylic acids is 1. The van der Waals surface area contributed by atoms with Gasteiger partial charge in [-0.15, -0.1) is 0 Å².